The van der Waals surface area contributed by atoms with Gasteiger partial charge >= 0.3 is 12.6 Å². The number of fused-ring (bicyclic) bond motifs is 1. The van der Waals surface area contributed by atoms with Crippen LogP contribution in [-0.4, -0.2) is 48.9 Å². The van der Waals surface area contributed by atoms with E-state index in [1.807, 2.05) is 4.90 Å². The molecule has 0 saturated carbocycles. The molecule has 0 bridgehead atoms. The molecule has 0 spiro atoms. The summed E-state index contributed by atoms with van der Waals surface area (Å²) in [7, 11) is 0. The van der Waals surface area contributed by atoms with Gasteiger partial charge in [-0.1, -0.05) is 18.2 Å². The third-order valence-corrected chi connectivity index (χ3v) is 4.74. The van der Waals surface area contributed by atoms with E-state index < -0.39 is 18.0 Å². The number of rotatable bonds is 5. The van der Waals surface area contributed by atoms with Crippen LogP contribution in [0.4, 0.5) is 8.78 Å². The maximum atomic E-state index is 12.5. The Kier molecular flexibility index (Phi) is 4.50. The van der Waals surface area contributed by atoms with Crippen LogP contribution in [0.3, 0.4) is 0 Å². The quantitative estimate of drug-likeness (QED) is 0.898. The Morgan fingerprint density at radius 1 is 1.48 bits per heavy atom. The van der Waals surface area contributed by atoms with Crippen LogP contribution in [0, 0.1) is 11.3 Å². The molecule has 2 atom stereocenters. The molecule has 23 heavy (non-hydrogen) atoms. The topological polar surface area (TPSA) is 59.0 Å². The average molecular weight is 327 g/mol. The number of alkyl halides is 2. The van der Waals surface area contributed by atoms with Crippen LogP contribution in [-0.2, 0) is 16.1 Å². The Balaban J connectivity index is 1.76. The number of aliphatic carboxylic acids is 1. The van der Waals surface area contributed by atoms with Gasteiger partial charge in [0.2, 0.25) is 0 Å². The minimum Gasteiger partial charge on any atom is -0.481 e. The van der Waals surface area contributed by atoms with E-state index in [-0.39, 0.29) is 18.3 Å². The zero-order valence-electron chi connectivity index (χ0n) is 12.6. The van der Waals surface area contributed by atoms with E-state index >= 15 is 0 Å². The predicted molar refractivity (Wildman–Crippen MR) is 77.3 cm³/mol. The summed E-state index contributed by atoms with van der Waals surface area (Å²) in [5.41, 5.74) is -0.260. The second kappa shape index (κ2) is 6.41. The van der Waals surface area contributed by atoms with Crippen LogP contribution in [0.25, 0.3) is 0 Å². The van der Waals surface area contributed by atoms with E-state index in [1.165, 1.54) is 6.07 Å². The SMILES string of the molecule is O=C(O)[C@]12COCC[C@H]1CN(Cc1ccccc1OC(F)F)C2. The van der Waals surface area contributed by atoms with Crippen LogP contribution >= 0.6 is 0 Å². The van der Waals surface area contributed by atoms with E-state index in [0.29, 0.717) is 38.2 Å². The maximum Gasteiger partial charge on any atom is 0.387 e. The Bertz CT molecular complexity index is 583. The molecule has 1 aromatic carbocycles. The highest BCUT2D eigenvalue weighted by atomic mass is 19.3. The van der Waals surface area contributed by atoms with E-state index in [1.54, 1.807) is 18.2 Å². The molecule has 0 aliphatic carbocycles. The van der Waals surface area contributed by atoms with Crippen molar-refractivity contribution in [2.75, 3.05) is 26.3 Å². The van der Waals surface area contributed by atoms with E-state index in [0.717, 1.165) is 0 Å². The summed E-state index contributed by atoms with van der Waals surface area (Å²) in [4.78, 5) is 13.7. The van der Waals surface area contributed by atoms with Gasteiger partial charge in [-0.2, -0.15) is 8.78 Å². The third-order valence-electron chi connectivity index (χ3n) is 4.74. The number of nitrogens with zero attached hydrogens (tertiary/aromatic N) is 1. The zero-order chi connectivity index (χ0) is 16.4. The Morgan fingerprint density at radius 2 is 2.26 bits per heavy atom. The molecule has 126 valence electrons. The first-order chi connectivity index (χ1) is 11.0. The van der Waals surface area contributed by atoms with Gasteiger partial charge in [0, 0.05) is 31.8 Å². The number of carboxylic acid groups (broad SMARTS) is 1. The predicted octanol–water partition coefficient (Wildman–Crippen LogP) is 2.21. The molecule has 0 aromatic heterocycles. The minimum absolute atomic E-state index is 0.0249. The number of halogens is 2. The molecule has 2 saturated heterocycles. The summed E-state index contributed by atoms with van der Waals surface area (Å²) >= 11 is 0. The lowest BCUT2D eigenvalue weighted by Crippen LogP contribution is -2.46. The van der Waals surface area contributed by atoms with Gasteiger partial charge in [-0.25, -0.2) is 0 Å². The average Bonchev–Trinajstić information content (AvgIpc) is 2.88. The fraction of sp³-hybridized carbons (Fsp3) is 0.562. The van der Waals surface area contributed by atoms with Gasteiger partial charge in [-0.15, -0.1) is 0 Å². The van der Waals surface area contributed by atoms with E-state index in [2.05, 4.69) is 4.74 Å². The molecule has 2 fully saturated rings. The van der Waals surface area contributed by atoms with Crippen LogP contribution in [0.5, 0.6) is 5.75 Å². The van der Waals surface area contributed by atoms with Gasteiger partial charge in [0.25, 0.3) is 0 Å². The van der Waals surface area contributed by atoms with E-state index in [9.17, 15) is 18.7 Å². The van der Waals surface area contributed by atoms with Crippen molar-refractivity contribution in [3.8, 4) is 5.75 Å². The van der Waals surface area contributed by atoms with Gasteiger partial charge in [-0.05, 0) is 18.4 Å². The zero-order valence-corrected chi connectivity index (χ0v) is 12.6. The molecule has 2 aliphatic heterocycles. The molecular weight excluding hydrogens is 308 g/mol. The number of benzene rings is 1. The molecule has 1 N–H and O–H groups in total. The van der Waals surface area contributed by atoms with Crippen molar-refractivity contribution in [3.05, 3.63) is 29.8 Å². The highest BCUT2D eigenvalue weighted by Crippen LogP contribution is 2.42. The molecule has 3 rings (SSSR count). The normalized spacial score (nSPS) is 27.9. The molecule has 2 aliphatic rings. The van der Waals surface area contributed by atoms with Crippen LogP contribution in [0.1, 0.15) is 12.0 Å². The van der Waals surface area contributed by atoms with Crippen molar-refractivity contribution in [2.24, 2.45) is 11.3 Å². The molecule has 1 aromatic rings. The van der Waals surface area contributed by atoms with Crippen molar-refractivity contribution in [3.63, 3.8) is 0 Å². The smallest absolute Gasteiger partial charge is 0.387 e. The number of hydrogen-bond acceptors (Lipinski definition) is 4. The molecule has 2 heterocycles. The molecule has 5 nitrogen and oxygen atoms in total. The Hall–Kier alpha value is -1.73. The fourth-order valence-corrected chi connectivity index (χ4v) is 3.60. The van der Waals surface area contributed by atoms with Gasteiger partial charge in [0.15, 0.2) is 0 Å². The van der Waals surface area contributed by atoms with Crippen molar-refractivity contribution in [2.45, 2.75) is 19.6 Å². The maximum absolute atomic E-state index is 12.5. The first-order valence-corrected chi connectivity index (χ1v) is 7.57. The van der Waals surface area contributed by atoms with Gasteiger partial charge in [0.1, 0.15) is 11.2 Å². The summed E-state index contributed by atoms with van der Waals surface area (Å²) in [6.45, 7) is -0.739. The first kappa shape index (κ1) is 16.1. The lowest BCUT2D eigenvalue weighted by Gasteiger charge is -2.34. The molecule has 7 heteroatoms. The van der Waals surface area contributed by atoms with Crippen molar-refractivity contribution >= 4 is 5.97 Å². The number of hydrogen-bond donors (Lipinski definition) is 1. The van der Waals surface area contributed by atoms with Crippen LogP contribution in [0.2, 0.25) is 0 Å². The molecule has 0 radical (unpaired) electrons. The summed E-state index contributed by atoms with van der Waals surface area (Å²) < 4.78 is 34.9. The fourth-order valence-electron chi connectivity index (χ4n) is 3.60. The highest BCUT2D eigenvalue weighted by molar-refractivity contribution is 5.76. The second-order valence-corrected chi connectivity index (χ2v) is 6.16. The molecule has 0 unspecified atom stereocenters. The monoisotopic (exact) mass is 327 g/mol. The highest BCUT2D eigenvalue weighted by Gasteiger charge is 2.54. The minimum atomic E-state index is -2.88. The van der Waals surface area contributed by atoms with Gasteiger partial charge in [-0.3, -0.25) is 9.69 Å². The summed E-state index contributed by atoms with van der Waals surface area (Å²) in [5, 5.41) is 9.63. The number of ether oxygens (including phenoxy) is 2. The number of carbonyl (C=O) groups is 1. The van der Waals surface area contributed by atoms with Crippen molar-refractivity contribution < 1.29 is 28.2 Å². The lowest BCUT2D eigenvalue weighted by atomic mass is 9.76. The summed E-state index contributed by atoms with van der Waals surface area (Å²) in [6.07, 6.45) is 0.706. The Labute approximate surface area is 132 Å². The summed E-state index contributed by atoms with van der Waals surface area (Å²) in [5.74, 6) is -0.684. The standard InChI is InChI=1S/C16H19F2NO4/c17-15(18)23-13-4-2-1-3-11(13)7-19-8-12-5-6-22-10-16(12,9-19)14(20)21/h1-4,12,15H,5-10H2,(H,20,21)/t12-,16+/m0/s1. The third kappa shape index (κ3) is 3.16. The summed E-state index contributed by atoms with van der Waals surface area (Å²) in [6, 6.07) is 6.62. The number of para-hydroxylation sites is 1. The molecule has 0 amide bonds. The van der Waals surface area contributed by atoms with Gasteiger partial charge < -0.3 is 14.6 Å². The second-order valence-electron chi connectivity index (χ2n) is 6.16. The van der Waals surface area contributed by atoms with Crippen LogP contribution < -0.4 is 4.74 Å². The van der Waals surface area contributed by atoms with Crippen molar-refractivity contribution in [1.82, 2.24) is 4.90 Å². The van der Waals surface area contributed by atoms with E-state index in [4.69, 9.17) is 4.74 Å². The number of likely N-dealkylation sites (tertiary alicyclic amines) is 1. The largest absolute Gasteiger partial charge is 0.481 e. The Morgan fingerprint density at radius 3 is 2.96 bits per heavy atom. The number of carboxylic acids is 1. The first-order valence-electron chi connectivity index (χ1n) is 7.57. The van der Waals surface area contributed by atoms with Gasteiger partial charge in [0.05, 0.1) is 6.61 Å². The lowest BCUT2D eigenvalue weighted by molar-refractivity contribution is -0.159. The van der Waals surface area contributed by atoms with Crippen molar-refractivity contribution in [1.29, 1.82) is 0 Å². The van der Waals surface area contributed by atoms with Crippen LogP contribution in [0.15, 0.2) is 24.3 Å². The molecular formula is C16H19F2NO4.